The zero-order chi connectivity index (χ0) is 13.1. The van der Waals surface area contributed by atoms with Crippen LogP contribution in [0.3, 0.4) is 0 Å². The summed E-state index contributed by atoms with van der Waals surface area (Å²) in [4.78, 5) is 12.0. The van der Waals surface area contributed by atoms with Gasteiger partial charge in [0.25, 0.3) is 5.91 Å². The van der Waals surface area contributed by atoms with Gasteiger partial charge in [0.15, 0.2) is 0 Å². The average molecular weight is 326 g/mol. The van der Waals surface area contributed by atoms with Crippen LogP contribution >= 0.6 is 27.5 Å². The molecule has 0 radical (unpaired) electrons. The van der Waals surface area contributed by atoms with E-state index in [0.29, 0.717) is 22.0 Å². The van der Waals surface area contributed by atoms with Crippen molar-refractivity contribution in [2.75, 3.05) is 11.1 Å². The molecule has 2 rings (SSSR count). The highest BCUT2D eigenvalue weighted by Crippen LogP contribution is 2.19. The van der Waals surface area contributed by atoms with Crippen molar-refractivity contribution in [2.24, 2.45) is 0 Å². The fraction of sp³-hybridized carbons (Fsp3) is 0. The molecule has 2 aromatic carbocycles. The summed E-state index contributed by atoms with van der Waals surface area (Å²) in [5, 5.41) is 3.32. The molecule has 18 heavy (non-hydrogen) atoms. The van der Waals surface area contributed by atoms with E-state index in [1.807, 2.05) is 0 Å². The fourth-order valence-electron chi connectivity index (χ4n) is 1.51. The van der Waals surface area contributed by atoms with Gasteiger partial charge >= 0.3 is 0 Å². The molecule has 0 bridgehead atoms. The van der Waals surface area contributed by atoms with Gasteiger partial charge in [-0.15, -0.1) is 0 Å². The number of carbonyl (C=O) groups is 1. The van der Waals surface area contributed by atoms with Crippen molar-refractivity contribution in [1.82, 2.24) is 0 Å². The van der Waals surface area contributed by atoms with E-state index in [2.05, 4.69) is 21.2 Å². The number of hydrogen-bond donors (Lipinski definition) is 2. The summed E-state index contributed by atoms with van der Waals surface area (Å²) < 4.78 is 0.763. The van der Waals surface area contributed by atoms with Crippen molar-refractivity contribution in [1.29, 1.82) is 0 Å². The Morgan fingerprint density at radius 3 is 2.67 bits per heavy atom. The minimum absolute atomic E-state index is 0.231. The maximum Gasteiger partial charge on any atom is 0.255 e. The van der Waals surface area contributed by atoms with E-state index in [-0.39, 0.29) is 5.91 Å². The first kappa shape index (κ1) is 12.9. The number of halogens is 2. The molecule has 0 aliphatic carbocycles. The summed E-state index contributed by atoms with van der Waals surface area (Å²) in [6, 6.07) is 12.0. The number of anilines is 2. The van der Waals surface area contributed by atoms with Gasteiger partial charge in [-0.2, -0.15) is 0 Å². The van der Waals surface area contributed by atoms with Crippen LogP contribution in [0.1, 0.15) is 10.4 Å². The van der Waals surface area contributed by atoms with Crippen LogP contribution in [0.5, 0.6) is 0 Å². The number of rotatable bonds is 2. The molecule has 0 unspecified atom stereocenters. The lowest BCUT2D eigenvalue weighted by Gasteiger charge is -2.06. The number of amides is 1. The topological polar surface area (TPSA) is 55.1 Å². The van der Waals surface area contributed by atoms with E-state index in [0.717, 1.165) is 4.47 Å². The van der Waals surface area contributed by atoms with Gasteiger partial charge < -0.3 is 11.1 Å². The van der Waals surface area contributed by atoms with Gasteiger partial charge in [0, 0.05) is 26.4 Å². The molecule has 0 atom stereocenters. The lowest BCUT2D eigenvalue weighted by atomic mass is 10.2. The van der Waals surface area contributed by atoms with Gasteiger partial charge in [0.05, 0.1) is 0 Å². The molecule has 0 fully saturated rings. The largest absolute Gasteiger partial charge is 0.399 e. The van der Waals surface area contributed by atoms with Crippen LogP contribution < -0.4 is 11.1 Å². The first-order chi connectivity index (χ1) is 8.54. The van der Waals surface area contributed by atoms with Crippen LogP contribution in [0.25, 0.3) is 0 Å². The monoisotopic (exact) mass is 324 g/mol. The molecule has 1 amide bonds. The Labute approximate surface area is 118 Å². The number of nitrogen functional groups attached to an aromatic ring is 1. The van der Waals surface area contributed by atoms with E-state index in [9.17, 15) is 4.79 Å². The van der Waals surface area contributed by atoms with Crippen LogP contribution in [-0.2, 0) is 0 Å². The smallest absolute Gasteiger partial charge is 0.255 e. The number of nitrogens with one attached hydrogen (secondary N) is 1. The van der Waals surface area contributed by atoms with Crippen molar-refractivity contribution >= 4 is 44.8 Å². The lowest BCUT2D eigenvalue weighted by Crippen LogP contribution is -2.12. The summed E-state index contributed by atoms with van der Waals surface area (Å²) in [5.74, 6) is -0.231. The van der Waals surface area contributed by atoms with E-state index in [1.54, 1.807) is 42.5 Å². The lowest BCUT2D eigenvalue weighted by molar-refractivity contribution is 0.102. The van der Waals surface area contributed by atoms with Crippen molar-refractivity contribution < 1.29 is 4.79 Å². The highest BCUT2D eigenvalue weighted by Gasteiger charge is 2.08. The maximum absolute atomic E-state index is 12.0. The quantitative estimate of drug-likeness (QED) is 0.822. The number of carbonyl (C=O) groups excluding carboxylic acids is 1. The van der Waals surface area contributed by atoms with Gasteiger partial charge in [0.2, 0.25) is 0 Å². The fourth-order valence-corrected chi connectivity index (χ4v) is 2.21. The summed E-state index contributed by atoms with van der Waals surface area (Å²) in [7, 11) is 0. The Kier molecular flexibility index (Phi) is 3.89. The van der Waals surface area contributed by atoms with Crippen LogP contribution in [-0.4, -0.2) is 5.91 Å². The Balaban J connectivity index is 2.22. The van der Waals surface area contributed by atoms with Gasteiger partial charge in [-0.25, -0.2) is 0 Å². The van der Waals surface area contributed by atoms with Crippen LogP contribution in [0.4, 0.5) is 11.4 Å². The standard InChI is InChI=1S/C13H10BrClN2O/c14-9-4-8(5-11(16)6-9)13(18)17-12-3-1-2-10(15)7-12/h1-7H,16H2,(H,17,18). The predicted molar refractivity (Wildman–Crippen MR) is 78.0 cm³/mol. The molecule has 0 aliphatic rings. The van der Waals surface area contributed by atoms with E-state index in [4.69, 9.17) is 17.3 Å². The van der Waals surface area contributed by atoms with Crippen molar-refractivity contribution in [3.63, 3.8) is 0 Å². The molecule has 0 aromatic heterocycles. The Morgan fingerprint density at radius 2 is 2.00 bits per heavy atom. The van der Waals surface area contributed by atoms with Crippen molar-refractivity contribution in [3.8, 4) is 0 Å². The van der Waals surface area contributed by atoms with Gasteiger partial charge in [-0.05, 0) is 36.4 Å². The molecule has 0 saturated heterocycles. The number of benzene rings is 2. The van der Waals surface area contributed by atoms with Gasteiger partial charge in [-0.1, -0.05) is 33.6 Å². The first-order valence-electron chi connectivity index (χ1n) is 5.17. The Hall–Kier alpha value is -1.52. The van der Waals surface area contributed by atoms with E-state index < -0.39 is 0 Å². The third-order valence-corrected chi connectivity index (χ3v) is 2.96. The molecular weight excluding hydrogens is 316 g/mol. The molecule has 3 N–H and O–H groups in total. The predicted octanol–water partition coefficient (Wildman–Crippen LogP) is 3.94. The molecule has 5 heteroatoms. The second-order valence-electron chi connectivity index (χ2n) is 3.74. The average Bonchev–Trinajstić information content (AvgIpc) is 2.27. The summed E-state index contributed by atoms with van der Waals surface area (Å²) in [6.07, 6.45) is 0. The molecule has 3 nitrogen and oxygen atoms in total. The zero-order valence-corrected chi connectivity index (χ0v) is 11.6. The van der Waals surface area contributed by atoms with Crippen LogP contribution in [0, 0.1) is 0 Å². The molecule has 92 valence electrons. The molecule has 0 saturated carbocycles. The number of hydrogen-bond acceptors (Lipinski definition) is 2. The highest BCUT2D eigenvalue weighted by molar-refractivity contribution is 9.10. The minimum atomic E-state index is -0.231. The Morgan fingerprint density at radius 1 is 1.22 bits per heavy atom. The molecule has 0 spiro atoms. The van der Waals surface area contributed by atoms with Gasteiger partial charge in [0.1, 0.15) is 0 Å². The highest BCUT2D eigenvalue weighted by atomic mass is 79.9. The first-order valence-corrected chi connectivity index (χ1v) is 6.35. The van der Waals surface area contributed by atoms with Crippen molar-refractivity contribution in [2.45, 2.75) is 0 Å². The molecular formula is C13H10BrClN2O. The second kappa shape index (κ2) is 5.42. The SMILES string of the molecule is Nc1cc(Br)cc(C(=O)Nc2cccc(Cl)c2)c1. The zero-order valence-electron chi connectivity index (χ0n) is 9.28. The normalized spacial score (nSPS) is 10.1. The van der Waals surface area contributed by atoms with Crippen molar-refractivity contribution in [3.05, 3.63) is 57.5 Å². The molecule has 2 aromatic rings. The third-order valence-electron chi connectivity index (χ3n) is 2.26. The van der Waals surface area contributed by atoms with Crippen LogP contribution in [0.15, 0.2) is 46.9 Å². The summed E-state index contributed by atoms with van der Waals surface area (Å²) >= 11 is 9.14. The summed E-state index contributed by atoms with van der Waals surface area (Å²) in [6.45, 7) is 0. The molecule has 0 aliphatic heterocycles. The summed E-state index contributed by atoms with van der Waals surface area (Å²) in [5.41, 5.74) is 7.34. The third kappa shape index (κ3) is 3.24. The Bertz CT molecular complexity index is 581. The number of nitrogens with two attached hydrogens (primary N) is 1. The second-order valence-corrected chi connectivity index (χ2v) is 5.09. The van der Waals surface area contributed by atoms with Crippen LogP contribution in [0.2, 0.25) is 5.02 Å². The van der Waals surface area contributed by atoms with E-state index >= 15 is 0 Å². The minimum Gasteiger partial charge on any atom is -0.399 e. The molecule has 0 heterocycles. The van der Waals surface area contributed by atoms with Gasteiger partial charge in [-0.3, -0.25) is 4.79 Å². The maximum atomic E-state index is 12.0. The van der Waals surface area contributed by atoms with E-state index in [1.165, 1.54) is 0 Å².